The molecule has 0 amide bonds. The largest absolute Gasteiger partial charge is 0.504 e. The fourth-order valence-electron chi connectivity index (χ4n) is 1.12. The highest BCUT2D eigenvalue weighted by Crippen LogP contribution is 2.37. The van der Waals surface area contributed by atoms with E-state index in [0.717, 1.165) is 12.1 Å². The van der Waals surface area contributed by atoms with Gasteiger partial charge in [0.1, 0.15) is 6.61 Å². The van der Waals surface area contributed by atoms with Gasteiger partial charge >= 0.3 is 5.97 Å². The molecule has 0 radical (unpaired) electrons. The SMILES string of the molecule is C=CCOc1c(O)cc(C(=O)OC)cc1O. The number of carbonyl (C=O) groups excluding carboxylic acids is 1. The second-order valence-corrected chi connectivity index (χ2v) is 2.93. The van der Waals surface area contributed by atoms with Gasteiger partial charge in [-0.05, 0) is 12.1 Å². The number of phenols is 2. The highest BCUT2D eigenvalue weighted by Gasteiger charge is 2.15. The molecule has 16 heavy (non-hydrogen) atoms. The van der Waals surface area contributed by atoms with Crippen molar-refractivity contribution in [1.29, 1.82) is 0 Å². The van der Waals surface area contributed by atoms with Gasteiger partial charge in [0.25, 0.3) is 0 Å². The smallest absolute Gasteiger partial charge is 0.338 e. The molecular weight excluding hydrogens is 212 g/mol. The fraction of sp³-hybridized carbons (Fsp3) is 0.182. The minimum atomic E-state index is -0.652. The van der Waals surface area contributed by atoms with E-state index in [1.807, 2.05) is 0 Å². The average molecular weight is 224 g/mol. The Morgan fingerprint density at radius 1 is 1.44 bits per heavy atom. The summed E-state index contributed by atoms with van der Waals surface area (Å²) in [6, 6.07) is 2.31. The predicted molar refractivity (Wildman–Crippen MR) is 56.8 cm³/mol. The number of methoxy groups -OCH3 is 1. The zero-order valence-electron chi connectivity index (χ0n) is 8.77. The summed E-state index contributed by atoms with van der Waals surface area (Å²) in [5.74, 6) is -1.40. The standard InChI is InChI=1S/C11H12O5/c1-3-4-16-10-8(12)5-7(6-9(10)13)11(14)15-2/h3,5-6,12-13H,1,4H2,2H3. The first kappa shape index (κ1) is 11.9. The molecular formula is C11H12O5. The van der Waals surface area contributed by atoms with Crippen molar-refractivity contribution in [2.75, 3.05) is 13.7 Å². The van der Waals surface area contributed by atoms with Gasteiger partial charge in [-0.15, -0.1) is 0 Å². The lowest BCUT2D eigenvalue weighted by atomic mass is 10.2. The van der Waals surface area contributed by atoms with Gasteiger partial charge in [-0.25, -0.2) is 4.79 Å². The number of hydrogen-bond acceptors (Lipinski definition) is 5. The minimum absolute atomic E-state index is 0.0449. The first-order valence-electron chi connectivity index (χ1n) is 4.48. The molecule has 0 aliphatic rings. The summed E-state index contributed by atoms with van der Waals surface area (Å²) in [7, 11) is 1.21. The van der Waals surface area contributed by atoms with E-state index in [1.54, 1.807) is 0 Å². The lowest BCUT2D eigenvalue weighted by Crippen LogP contribution is -2.02. The second kappa shape index (κ2) is 5.06. The van der Waals surface area contributed by atoms with E-state index in [1.165, 1.54) is 13.2 Å². The topological polar surface area (TPSA) is 76.0 Å². The summed E-state index contributed by atoms with van der Waals surface area (Å²) in [6.45, 7) is 3.57. The maximum atomic E-state index is 11.1. The third-order valence-corrected chi connectivity index (χ3v) is 1.82. The number of hydrogen-bond donors (Lipinski definition) is 2. The highest BCUT2D eigenvalue weighted by molar-refractivity contribution is 5.91. The molecule has 1 aromatic carbocycles. The van der Waals surface area contributed by atoms with E-state index in [4.69, 9.17) is 4.74 Å². The maximum absolute atomic E-state index is 11.1. The summed E-state index contributed by atoms with van der Waals surface area (Å²) >= 11 is 0. The van der Waals surface area contributed by atoms with Crippen molar-refractivity contribution in [3.63, 3.8) is 0 Å². The van der Waals surface area contributed by atoms with Crippen LogP contribution >= 0.6 is 0 Å². The zero-order valence-corrected chi connectivity index (χ0v) is 8.77. The molecule has 0 atom stereocenters. The van der Waals surface area contributed by atoms with Gasteiger partial charge in [-0.3, -0.25) is 0 Å². The molecule has 0 aliphatic carbocycles. The van der Waals surface area contributed by atoms with Crippen molar-refractivity contribution in [2.24, 2.45) is 0 Å². The van der Waals surface area contributed by atoms with Crippen LogP contribution in [0.3, 0.4) is 0 Å². The van der Waals surface area contributed by atoms with Crippen LogP contribution in [0.4, 0.5) is 0 Å². The first-order chi connectivity index (χ1) is 7.60. The van der Waals surface area contributed by atoms with E-state index in [0.29, 0.717) is 0 Å². The van der Waals surface area contributed by atoms with Gasteiger partial charge in [0.2, 0.25) is 5.75 Å². The van der Waals surface area contributed by atoms with Crippen LogP contribution in [-0.2, 0) is 4.74 Å². The second-order valence-electron chi connectivity index (χ2n) is 2.93. The molecule has 0 spiro atoms. The van der Waals surface area contributed by atoms with E-state index in [2.05, 4.69) is 11.3 Å². The predicted octanol–water partition coefficient (Wildman–Crippen LogP) is 1.45. The van der Waals surface area contributed by atoms with Gasteiger partial charge in [0.05, 0.1) is 12.7 Å². The molecule has 2 N–H and O–H groups in total. The number of ether oxygens (including phenoxy) is 2. The molecule has 0 saturated heterocycles. The number of carbonyl (C=O) groups is 1. The van der Waals surface area contributed by atoms with Crippen molar-refractivity contribution < 1.29 is 24.5 Å². The summed E-state index contributed by atoms with van der Waals surface area (Å²) in [5, 5.41) is 19.0. The van der Waals surface area contributed by atoms with Crippen molar-refractivity contribution >= 4 is 5.97 Å². The summed E-state index contributed by atoms with van der Waals surface area (Å²) < 4.78 is 9.46. The van der Waals surface area contributed by atoms with Gasteiger partial charge in [0.15, 0.2) is 11.5 Å². The maximum Gasteiger partial charge on any atom is 0.338 e. The average Bonchev–Trinajstić information content (AvgIpc) is 2.26. The Balaban J connectivity index is 3.06. The normalized spacial score (nSPS) is 9.56. The number of phenolic OH excluding ortho intramolecular Hbond substituents is 2. The molecule has 1 rings (SSSR count). The van der Waals surface area contributed by atoms with Gasteiger partial charge in [0, 0.05) is 0 Å². The van der Waals surface area contributed by atoms with Gasteiger partial charge < -0.3 is 19.7 Å². The molecule has 1 aromatic rings. The minimum Gasteiger partial charge on any atom is -0.504 e. The molecule has 0 aromatic heterocycles. The zero-order chi connectivity index (χ0) is 12.1. The van der Waals surface area contributed by atoms with Crippen molar-refractivity contribution in [1.82, 2.24) is 0 Å². The monoisotopic (exact) mass is 224 g/mol. The summed E-state index contributed by atoms with van der Waals surface area (Å²) in [4.78, 5) is 11.1. The molecule has 0 unspecified atom stereocenters. The van der Waals surface area contributed by atoms with Crippen LogP contribution in [0.15, 0.2) is 24.8 Å². The molecule has 0 fully saturated rings. The Morgan fingerprint density at radius 2 is 2.00 bits per heavy atom. The Labute approximate surface area is 92.5 Å². The molecule has 5 heteroatoms. The van der Waals surface area contributed by atoms with Crippen molar-refractivity contribution in [2.45, 2.75) is 0 Å². The number of benzene rings is 1. The Bertz CT molecular complexity index is 388. The van der Waals surface area contributed by atoms with Crippen LogP contribution < -0.4 is 4.74 Å². The highest BCUT2D eigenvalue weighted by atomic mass is 16.5. The third-order valence-electron chi connectivity index (χ3n) is 1.82. The molecule has 0 saturated carbocycles. The molecule has 86 valence electrons. The van der Waals surface area contributed by atoms with Crippen LogP contribution in [0.2, 0.25) is 0 Å². The molecule has 0 bridgehead atoms. The first-order valence-corrected chi connectivity index (χ1v) is 4.48. The number of esters is 1. The van der Waals surface area contributed by atoms with Crippen LogP contribution in [-0.4, -0.2) is 29.9 Å². The number of aromatic hydroxyl groups is 2. The fourth-order valence-corrected chi connectivity index (χ4v) is 1.12. The quantitative estimate of drug-likeness (QED) is 0.598. The van der Waals surface area contributed by atoms with Crippen LogP contribution in [0.1, 0.15) is 10.4 Å². The van der Waals surface area contributed by atoms with E-state index in [-0.39, 0.29) is 29.4 Å². The number of rotatable bonds is 4. The van der Waals surface area contributed by atoms with E-state index in [9.17, 15) is 15.0 Å². The van der Waals surface area contributed by atoms with Crippen LogP contribution in [0.25, 0.3) is 0 Å². The van der Waals surface area contributed by atoms with Gasteiger partial charge in [-0.1, -0.05) is 12.7 Å². The summed E-state index contributed by atoms with van der Waals surface area (Å²) in [6.07, 6.45) is 1.47. The molecule has 5 nitrogen and oxygen atoms in total. The Hall–Kier alpha value is -2.17. The van der Waals surface area contributed by atoms with Gasteiger partial charge in [-0.2, -0.15) is 0 Å². The van der Waals surface area contributed by atoms with E-state index < -0.39 is 5.97 Å². The lowest BCUT2D eigenvalue weighted by Gasteiger charge is -2.09. The van der Waals surface area contributed by atoms with Crippen molar-refractivity contribution in [3.8, 4) is 17.2 Å². The van der Waals surface area contributed by atoms with E-state index >= 15 is 0 Å². The summed E-state index contributed by atoms with van der Waals surface area (Å²) in [5.41, 5.74) is 0.0449. The van der Waals surface area contributed by atoms with Crippen LogP contribution in [0.5, 0.6) is 17.2 Å². The Kier molecular flexibility index (Phi) is 3.77. The Morgan fingerprint density at radius 3 is 2.44 bits per heavy atom. The third kappa shape index (κ3) is 2.44. The van der Waals surface area contributed by atoms with Crippen molar-refractivity contribution in [3.05, 3.63) is 30.4 Å². The lowest BCUT2D eigenvalue weighted by molar-refractivity contribution is 0.0599. The van der Waals surface area contributed by atoms with Crippen LogP contribution in [0, 0.1) is 0 Å². The molecule has 0 aliphatic heterocycles. The molecule has 0 heterocycles.